The van der Waals surface area contributed by atoms with Gasteiger partial charge >= 0.3 is 8.24 Å². The standard InChI is InChI=1S/C28H33O5P/c1-27(2,3)23-16-19(29-7)14-21-22-15-20(30-8)17-24(28(4,5)6)26(22)33-34(32-25(21)23)31-18-12-10-9-11-13-18/h9-17H,1-8H3. The highest BCUT2D eigenvalue weighted by molar-refractivity contribution is 7.32. The predicted molar refractivity (Wildman–Crippen MR) is 139 cm³/mol. The average molecular weight is 481 g/mol. The molecule has 0 atom stereocenters. The van der Waals surface area contributed by atoms with Gasteiger partial charge in [0.15, 0.2) is 0 Å². The van der Waals surface area contributed by atoms with E-state index in [2.05, 4.69) is 41.5 Å². The van der Waals surface area contributed by atoms with E-state index in [9.17, 15) is 0 Å². The molecule has 4 rings (SSSR count). The van der Waals surface area contributed by atoms with Crippen molar-refractivity contribution in [2.24, 2.45) is 0 Å². The minimum absolute atomic E-state index is 0.206. The summed E-state index contributed by atoms with van der Waals surface area (Å²) in [5.41, 5.74) is 3.10. The zero-order chi connectivity index (χ0) is 24.7. The molecular weight excluding hydrogens is 447 g/mol. The first-order valence-corrected chi connectivity index (χ1v) is 12.5. The maximum atomic E-state index is 6.57. The summed E-state index contributed by atoms with van der Waals surface area (Å²) >= 11 is 0. The van der Waals surface area contributed by atoms with Gasteiger partial charge in [-0.2, -0.15) is 0 Å². The summed E-state index contributed by atoms with van der Waals surface area (Å²) < 4.78 is 30.8. The summed E-state index contributed by atoms with van der Waals surface area (Å²) in [4.78, 5) is 0. The van der Waals surface area contributed by atoms with Crippen LogP contribution < -0.4 is 14.0 Å². The Hall–Kier alpha value is -3.04. The molecule has 0 saturated heterocycles. The lowest BCUT2D eigenvalue weighted by atomic mass is 9.84. The van der Waals surface area contributed by atoms with Crippen LogP contribution in [0.1, 0.15) is 52.7 Å². The number of benzene rings is 3. The molecule has 0 saturated carbocycles. The van der Waals surface area contributed by atoms with Gasteiger partial charge in [-0.15, -0.1) is 0 Å². The van der Waals surface area contributed by atoms with E-state index in [4.69, 9.17) is 22.4 Å². The van der Waals surface area contributed by atoms with Gasteiger partial charge in [-0.1, -0.05) is 59.7 Å². The molecule has 4 aromatic rings. The van der Waals surface area contributed by atoms with Gasteiger partial charge in [-0.3, -0.25) is 0 Å². The molecule has 0 aliphatic rings. The molecule has 0 fully saturated rings. The zero-order valence-electron chi connectivity index (χ0n) is 21.2. The third-order valence-electron chi connectivity index (χ3n) is 5.76. The van der Waals surface area contributed by atoms with Crippen LogP contribution >= 0.6 is 8.24 Å². The first kappa shape index (κ1) is 24.1. The summed E-state index contributed by atoms with van der Waals surface area (Å²) in [6.45, 7) is 12.9. The third kappa shape index (κ3) is 4.76. The number of hydrogen-bond acceptors (Lipinski definition) is 5. The van der Waals surface area contributed by atoms with Crippen LogP contribution in [0.4, 0.5) is 0 Å². The van der Waals surface area contributed by atoms with Crippen molar-refractivity contribution >= 4 is 30.2 Å². The number of para-hydroxylation sites is 1. The molecule has 0 bridgehead atoms. The Bertz CT molecular complexity index is 1270. The van der Waals surface area contributed by atoms with E-state index in [0.717, 1.165) is 44.6 Å². The molecule has 0 spiro atoms. The highest BCUT2D eigenvalue weighted by atomic mass is 31.1. The fourth-order valence-corrected chi connectivity index (χ4v) is 5.02. The van der Waals surface area contributed by atoms with Crippen LogP contribution in [0.15, 0.2) is 63.0 Å². The fraction of sp³-hybridized carbons (Fsp3) is 0.357. The normalized spacial score (nSPS) is 12.1. The van der Waals surface area contributed by atoms with Crippen LogP contribution in [0.5, 0.6) is 17.2 Å². The molecule has 180 valence electrons. The summed E-state index contributed by atoms with van der Waals surface area (Å²) in [7, 11) is 1.58. The SMILES string of the molecule is COc1cc(C(C)(C)C)c2op(Oc3ccccc3)oc3c(C(C)(C)C)cc(OC)cc3c2c1. The average Bonchev–Trinajstić information content (AvgIpc) is 2.93. The van der Waals surface area contributed by atoms with Gasteiger partial charge in [0.2, 0.25) is 0 Å². The van der Waals surface area contributed by atoms with Gasteiger partial charge in [0.25, 0.3) is 0 Å². The predicted octanol–water partition coefficient (Wildman–Crippen LogP) is 8.74. The summed E-state index contributed by atoms with van der Waals surface area (Å²) in [6, 6.07) is 17.7. The van der Waals surface area contributed by atoms with Crippen molar-refractivity contribution in [3.05, 3.63) is 65.7 Å². The van der Waals surface area contributed by atoms with Crippen molar-refractivity contribution in [2.45, 2.75) is 52.4 Å². The van der Waals surface area contributed by atoms with Crippen LogP contribution in [0.2, 0.25) is 0 Å². The molecule has 3 aromatic carbocycles. The number of methoxy groups -OCH3 is 2. The minimum Gasteiger partial charge on any atom is -0.497 e. The summed E-state index contributed by atoms with van der Waals surface area (Å²) in [5, 5.41) is 1.79. The van der Waals surface area contributed by atoms with E-state index < -0.39 is 8.24 Å². The smallest absolute Gasteiger partial charge is 0.453 e. The van der Waals surface area contributed by atoms with Gasteiger partial charge in [0.1, 0.15) is 28.4 Å². The molecular formula is C28H33O5P. The van der Waals surface area contributed by atoms with Crippen molar-refractivity contribution in [2.75, 3.05) is 14.2 Å². The Morgan fingerprint density at radius 2 is 1.06 bits per heavy atom. The highest BCUT2D eigenvalue weighted by Gasteiger charge is 2.26. The molecule has 0 aliphatic heterocycles. The van der Waals surface area contributed by atoms with Crippen molar-refractivity contribution in [3.8, 4) is 17.2 Å². The van der Waals surface area contributed by atoms with E-state index in [0.29, 0.717) is 5.75 Å². The van der Waals surface area contributed by atoms with Gasteiger partial charge < -0.3 is 22.4 Å². The first-order valence-electron chi connectivity index (χ1n) is 11.4. The molecule has 1 heterocycles. The molecule has 5 nitrogen and oxygen atoms in total. The first-order chi connectivity index (χ1) is 16.0. The van der Waals surface area contributed by atoms with Gasteiger partial charge in [0, 0.05) is 21.9 Å². The number of hydrogen-bond donors (Lipinski definition) is 0. The van der Waals surface area contributed by atoms with E-state index in [1.807, 2.05) is 54.6 Å². The lowest BCUT2D eigenvalue weighted by molar-refractivity contribution is 0.413. The van der Waals surface area contributed by atoms with Crippen molar-refractivity contribution in [1.82, 2.24) is 0 Å². The van der Waals surface area contributed by atoms with Crippen molar-refractivity contribution in [3.63, 3.8) is 0 Å². The Morgan fingerprint density at radius 3 is 1.44 bits per heavy atom. The second kappa shape index (κ2) is 8.96. The Kier molecular flexibility index (Phi) is 6.35. The molecule has 1 aromatic heterocycles. The monoisotopic (exact) mass is 480 g/mol. The molecule has 0 radical (unpaired) electrons. The molecule has 0 unspecified atom stereocenters. The third-order valence-corrected chi connectivity index (χ3v) is 6.78. The highest BCUT2D eigenvalue weighted by Crippen LogP contribution is 2.45. The Morgan fingerprint density at radius 1 is 0.618 bits per heavy atom. The number of fused-ring (bicyclic) bond motifs is 3. The van der Waals surface area contributed by atoms with E-state index in [1.54, 1.807) is 14.2 Å². The number of rotatable bonds is 4. The van der Waals surface area contributed by atoms with Crippen LogP contribution in [-0.4, -0.2) is 14.2 Å². The molecule has 6 heteroatoms. The van der Waals surface area contributed by atoms with Gasteiger partial charge in [-0.25, -0.2) is 0 Å². The maximum Gasteiger partial charge on any atom is 0.453 e. The quantitative estimate of drug-likeness (QED) is 0.292. The van der Waals surface area contributed by atoms with Crippen LogP contribution in [0.25, 0.3) is 21.9 Å². The van der Waals surface area contributed by atoms with Crippen molar-refractivity contribution in [1.29, 1.82) is 0 Å². The molecule has 34 heavy (non-hydrogen) atoms. The molecule has 0 aliphatic carbocycles. The Labute approximate surface area is 202 Å². The van der Waals surface area contributed by atoms with E-state index in [1.165, 1.54) is 0 Å². The topological polar surface area (TPSA) is 54.0 Å². The fourth-order valence-electron chi connectivity index (χ4n) is 3.92. The second-order valence-corrected chi connectivity index (χ2v) is 11.4. The zero-order valence-corrected chi connectivity index (χ0v) is 22.1. The second-order valence-electron chi connectivity index (χ2n) is 10.4. The number of ether oxygens (including phenoxy) is 2. The van der Waals surface area contributed by atoms with E-state index in [-0.39, 0.29) is 10.8 Å². The minimum atomic E-state index is -1.78. The summed E-state index contributed by atoms with van der Waals surface area (Å²) in [6.07, 6.45) is 0. The summed E-state index contributed by atoms with van der Waals surface area (Å²) in [5.74, 6) is 2.21. The van der Waals surface area contributed by atoms with Gasteiger partial charge in [-0.05, 0) is 47.2 Å². The maximum absolute atomic E-state index is 6.57. The van der Waals surface area contributed by atoms with Crippen LogP contribution in [0.3, 0.4) is 0 Å². The lowest BCUT2D eigenvalue weighted by Crippen LogP contribution is -2.12. The van der Waals surface area contributed by atoms with Crippen molar-refractivity contribution < 1.29 is 22.4 Å². The largest absolute Gasteiger partial charge is 0.497 e. The van der Waals surface area contributed by atoms with Crippen LogP contribution in [-0.2, 0) is 10.8 Å². The van der Waals surface area contributed by atoms with Gasteiger partial charge in [0.05, 0.1) is 14.2 Å². The lowest BCUT2D eigenvalue weighted by Gasteiger charge is -2.21. The Balaban J connectivity index is 2.23. The molecule has 0 amide bonds. The van der Waals surface area contributed by atoms with E-state index >= 15 is 0 Å². The van der Waals surface area contributed by atoms with Crippen LogP contribution in [0, 0.1) is 0 Å². The molecule has 0 N–H and O–H groups in total.